The van der Waals surface area contributed by atoms with Crippen molar-refractivity contribution >= 4 is 21.6 Å². The van der Waals surface area contributed by atoms with Crippen LogP contribution in [-0.2, 0) is 14.8 Å². The average Bonchev–Trinajstić information content (AvgIpc) is 2.61. The third kappa shape index (κ3) is 5.23. The molecule has 0 radical (unpaired) electrons. The maximum absolute atomic E-state index is 12.8. The second-order valence-corrected chi connectivity index (χ2v) is 8.44. The number of rotatable bonds is 7. The maximum Gasteiger partial charge on any atom is 0.244 e. The zero-order valence-electron chi connectivity index (χ0n) is 16.3. The number of aryl methyl sites for hydroxylation is 1. The molecule has 0 saturated heterocycles. The highest BCUT2D eigenvalue weighted by atomic mass is 32.2. The van der Waals surface area contributed by atoms with Gasteiger partial charge in [-0.2, -0.15) is 0 Å². The monoisotopic (exact) mass is 390 g/mol. The molecule has 2 atom stereocenters. The number of nitrogens with zero attached hydrogens (tertiary/aromatic N) is 1. The van der Waals surface area contributed by atoms with Crippen LogP contribution in [0, 0.1) is 6.92 Å². The van der Waals surface area contributed by atoms with E-state index in [4.69, 9.17) is 4.74 Å². The van der Waals surface area contributed by atoms with E-state index in [1.54, 1.807) is 31.2 Å². The van der Waals surface area contributed by atoms with Crippen molar-refractivity contribution in [2.45, 2.75) is 32.9 Å². The normalized spacial score (nSPS) is 13.5. The summed E-state index contributed by atoms with van der Waals surface area (Å²) in [5, 5.41) is 2.89. The molecule has 0 aromatic heterocycles. The van der Waals surface area contributed by atoms with Crippen LogP contribution < -0.4 is 14.4 Å². The summed E-state index contributed by atoms with van der Waals surface area (Å²) in [6.45, 7) is 5.43. The fourth-order valence-corrected chi connectivity index (χ4v) is 4.00. The highest BCUT2D eigenvalue weighted by Gasteiger charge is 2.30. The lowest BCUT2D eigenvalue weighted by atomic mass is 10.1. The van der Waals surface area contributed by atoms with Crippen molar-refractivity contribution in [1.29, 1.82) is 0 Å². The van der Waals surface area contributed by atoms with Crippen molar-refractivity contribution in [1.82, 2.24) is 5.32 Å². The summed E-state index contributed by atoms with van der Waals surface area (Å²) in [6.07, 6.45) is 1.08. The molecular formula is C20H26N2O4S. The summed E-state index contributed by atoms with van der Waals surface area (Å²) in [5.41, 5.74) is 2.46. The standard InChI is InChI=1S/C20H26N2O4S/c1-14-9-11-17(12-10-14)15(2)21-20(23)16(3)22(27(5,24)25)18-7-6-8-19(13-18)26-4/h6-13,15-16H,1-5H3,(H,21,23)/t15-,16-/m0/s1. The van der Waals surface area contributed by atoms with Gasteiger partial charge >= 0.3 is 0 Å². The fourth-order valence-electron chi connectivity index (χ4n) is 2.83. The van der Waals surface area contributed by atoms with E-state index >= 15 is 0 Å². The SMILES string of the molecule is COc1cccc(N([C@@H](C)C(=O)N[C@@H](C)c2ccc(C)cc2)S(C)(=O)=O)c1. The number of anilines is 1. The fraction of sp³-hybridized carbons (Fsp3) is 0.350. The minimum Gasteiger partial charge on any atom is -0.497 e. The van der Waals surface area contributed by atoms with Gasteiger partial charge in [-0.25, -0.2) is 8.42 Å². The minimum atomic E-state index is -3.68. The number of carbonyl (C=O) groups is 1. The molecule has 0 bridgehead atoms. The van der Waals surface area contributed by atoms with E-state index in [0.717, 1.165) is 21.7 Å². The number of hydrogen-bond acceptors (Lipinski definition) is 4. The van der Waals surface area contributed by atoms with Crippen molar-refractivity contribution in [2.75, 3.05) is 17.7 Å². The number of nitrogens with one attached hydrogen (secondary N) is 1. The molecule has 0 heterocycles. The summed E-state index contributed by atoms with van der Waals surface area (Å²) in [7, 11) is -2.17. The van der Waals surface area contributed by atoms with Crippen LogP contribution in [0.25, 0.3) is 0 Å². The number of ether oxygens (including phenoxy) is 1. The second-order valence-electron chi connectivity index (χ2n) is 6.58. The first-order valence-electron chi connectivity index (χ1n) is 8.64. The van der Waals surface area contributed by atoms with E-state index in [1.807, 2.05) is 38.1 Å². The smallest absolute Gasteiger partial charge is 0.244 e. The van der Waals surface area contributed by atoms with E-state index in [0.29, 0.717) is 11.4 Å². The molecular weight excluding hydrogens is 364 g/mol. The molecule has 0 saturated carbocycles. The number of carbonyl (C=O) groups excluding carboxylic acids is 1. The first-order chi connectivity index (χ1) is 12.6. The molecule has 1 amide bonds. The lowest BCUT2D eigenvalue weighted by molar-refractivity contribution is -0.122. The molecule has 2 aromatic carbocycles. The van der Waals surface area contributed by atoms with E-state index in [-0.39, 0.29) is 11.9 Å². The zero-order chi connectivity index (χ0) is 20.2. The van der Waals surface area contributed by atoms with E-state index in [2.05, 4.69) is 5.32 Å². The van der Waals surface area contributed by atoms with Gasteiger partial charge in [0.1, 0.15) is 11.8 Å². The van der Waals surface area contributed by atoms with Gasteiger partial charge in [0.2, 0.25) is 15.9 Å². The van der Waals surface area contributed by atoms with E-state index < -0.39 is 16.1 Å². The van der Waals surface area contributed by atoms with Crippen LogP contribution in [0.2, 0.25) is 0 Å². The van der Waals surface area contributed by atoms with Gasteiger partial charge in [0.25, 0.3) is 0 Å². The number of methoxy groups -OCH3 is 1. The summed E-state index contributed by atoms with van der Waals surface area (Å²) in [5.74, 6) is 0.137. The van der Waals surface area contributed by atoms with Gasteiger partial charge in [0.05, 0.1) is 25.1 Å². The Bertz CT molecular complexity index is 894. The molecule has 0 unspecified atom stereocenters. The Kier molecular flexibility index (Phi) is 6.49. The van der Waals surface area contributed by atoms with Crippen LogP contribution in [0.15, 0.2) is 48.5 Å². The van der Waals surface area contributed by atoms with Crippen LogP contribution in [0.1, 0.15) is 31.0 Å². The first kappa shape index (κ1) is 20.8. The predicted molar refractivity (Wildman–Crippen MR) is 108 cm³/mol. The third-order valence-corrected chi connectivity index (χ3v) is 5.57. The lowest BCUT2D eigenvalue weighted by Gasteiger charge is -2.29. The summed E-state index contributed by atoms with van der Waals surface area (Å²) >= 11 is 0. The molecule has 2 aromatic rings. The zero-order valence-corrected chi connectivity index (χ0v) is 17.1. The van der Waals surface area contributed by atoms with Crippen LogP contribution >= 0.6 is 0 Å². The van der Waals surface area contributed by atoms with Crippen LogP contribution in [-0.4, -0.2) is 33.7 Å². The molecule has 7 heteroatoms. The molecule has 0 fully saturated rings. The molecule has 0 aliphatic rings. The first-order valence-corrected chi connectivity index (χ1v) is 10.5. The number of sulfonamides is 1. The van der Waals surface area contributed by atoms with Crippen molar-refractivity contribution < 1.29 is 17.9 Å². The maximum atomic E-state index is 12.8. The van der Waals surface area contributed by atoms with Gasteiger partial charge in [-0.1, -0.05) is 35.9 Å². The average molecular weight is 391 g/mol. The van der Waals surface area contributed by atoms with Gasteiger partial charge in [0, 0.05) is 6.07 Å². The topological polar surface area (TPSA) is 75.7 Å². The molecule has 146 valence electrons. The summed E-state index contributed by atoms with van der Waals surface area (Å²) in [4.78, 5) is 12.8. The molecule has 1 N–H and O–H groups in total. The highest BCUT2D eigenvalue weighted by molar-refractivity contribution is 7.92. The van der Waals surface area contributed by atoms with Gasteiger partial charge < -0.3 is 10.1 Å². The molecule has 2 rings (SSSR count). The summed E-state index contributed by atoms with van der Waals surface area (Å²) < 4.78 is 31.0. The Morgan fingerprint density at radius 1 is 1.11 bits per heavy atom. The number of benzene rings is 2. The molecule has 27 heavy (non-hydrogen) atoms. The molecule has 0 spiro atoms. The Morgan fingerprint density at radius 2 is 1.74 bits per heavy atom. The van der Waals surface area contributed by atoms with Gasteiger partial charge in [0.15, 0.2) is 0 Å². The van der Waals surface area contributed by atoms with Crippen LogP contribution in [0.5, 0.6) is 5.75 Å². The van der Waals surface area contributed by atoms with Crippen molar-refractivity contribution in [3.05, 3.63) is 59.7 Å². The molecule has 6 nitrogen and oxygen atoms in total. The summed E-state index contributed by atoms with van der Waals surface area (Å²) in [6, 6.07) is 13.3. The van der Waals surface area contributed by atoms with Gasteiger partial charge in [-0.15, -0.1) is 0 Å². The van der Waals surface area contributed by atoms with E-state index in [1.165, 1.54) is 7.11 Å². The molecule has 0 aliphatic carbocycles. The van der Waals surface area contributed by atoms with Gasteiger partial charge in [-0.3, -0.25) is 9.10 Å². The predicted octanol–water partition coefficient (Wildman–Crippen LogP) is 3.04. The lowest BCUT2D eigenvalue weighted by Crippen LogP contribution is -2.48. The Hall–Kier alpha value is -2.54. The van der Waals surface area contributed by atoms with E-state index in [9.17, 15) is 13.2 Å². The minimum absolute atomic E-state index is 0.243. The quantitative estimate of drug-likeness (QED) is 0.788. The van der Waals surface area contributed by atoms with Crippen molar-refractivity contribution in [2.24, 2.45) is 0 Å². The largest absolute Gasteiger partial charge is 0.497 e. The van der Waals surface area contributed by atoms with Crippen molar-refractivity contribution in [3.8, 4) is 5.75 Å². The Balaban J connectivity index is 2.25. The third-order valence-electron chi connectivity index (χ3n) is 4.33. The molecule has 0 aliphatic heterocycles. The highest BCUT2D eigenvalue weighted by Crippen LogP contribution is 2.25. The van der Waals surface area contributed by atoms with Crippen LogP contribution in [0.4, 0.5) is 5.69 Å². The van der Waals surface area contributed by atoms with Crippen molar-refractivity contribution in [3.63, 3.8) is 0 Å². The number of amides is 1. The number of hydrogen-bond donors (Lipinski definition) is 1. The van der Waals surface area contributed by atoms with Crippen LogP contribution in [0.3, 0.4) is 0 Å². The van der Waals surface area contributed by atoms with Gasteiger partial charge in [-0.05, 0) is 38.5 Å². The Labute approximate surface area is 161 Å². The second kappa shape index (κ2) is 8.43. The Morgan fingerprint density at radius 3 is 2.30 bits per heavy atom.